The molecule has 1 atom stereocenters. The first kappa shape index (κ1) is 12.3. The van der Waals surface area contributed by atoms with Crippen LogP contribution in [0.5, 0.6) is 0 Å². The number of Topliss-reactive ketones (excluding diaryl/α,β-unsaturated/α-hetero) is 1. The molecular formula is C14H20N2O. The number of ketones is 1. The minimum Gasteiger partial charge on any atom is -0.330 e. The SMILES string of the molecule is NCC1CCN(CC(=O)Cc2ccccc2)C1. The van der Waals surface area contributed by atoms with Crippen molar-refractivity contribution >= 4 is 5.78 Å². The number of nitrogens with two attached hydrogens (primary N) is 1. The van der Waals surface area contributed by atoms with Gasteiger partial charge in [0, 0.05) is 13.0 Å². The number of carbonyl (C=O) groups excluding carboxylic acids is 1. The molecule has 3 heteroatoms. The van der Waals surface area contributed by atoms with Gasteiger partial charge in [0.25, 0.3) is 0 Å². The molecule has 1 saturated heterocycles. The average molecular weight is 232 g/mol. The van der Waals surface area contributed by atoms with Crippen LogP contribution in [-0.2, 0) is 11.2 Å². The molecular weight excluding hydrogens is 212 g/mol. The van der Waals surface area contributed by atoms with Crippen LogP contribution in [0.3, 0.4) is 0 Å². The van der Waals surface area contributed by atoms with Gasteiger partial charge in [0.15, 0.2) is 5.78 Å². The third kappa shape index (κ3) is 3.65. The molecule has 1 fully saturated rings. The molecule has 0 radical (unpaired) electrons. The largest absolute Gasteiger partial charge is 0.330 e. The molecule has 2 rings (SSSR count). The van der Waals surface area contributed by atoms with Crippen LogP contribution in [-0.4, -0.2) is 36.9 Å². The van der Waals surface area contributed by atoms with Crippen LogP contribution in [0.25, 0.3) is 0 Å². The van der Waals surface area contributed by atoms with E-state index in [0.717, 1.165) is 31.6 Å². The molecule has 17 heavy (non-hydrogen) atoms. The summed E-state index contributed by atoms with van der Waals surface area (Å²) < 4.78 is 0. The van der Waals surface area contributed by atoms with Gasteiger partial charge in [-0.05, 0) is 31.0 Å². The second kappa shape index (κ2) is 5.94. The molecule has 0 aliphatic carbocycles. The van der Waals surface area contributed by atoms with E-state index in [2.05, 4.69) is 4.90 Å². The highest BCUT2D eigenvalue weighted by atomic mass is 16.1. The molecule has 1 aliphatic heterocycles. The van der Waals surface area contributed by atoms with Crippen molar-refractivity contribution < 1.29 is 4.79 Å². The normalized spacial score (nSPS) is 20.6. The van der Waals surface area contributed by atoms with E-state index >= 15 is 0 Å². The van der Waals surface area contributed by atoms with E-state index in [4.69, 9.17) is 5.73 Å². The lowest BCUT2D eigenvalue weighted by Gasteiger charge is -2.14. The van der Waals surface area contributed by atoms with Crippen LogP contribution in [0.4, 0.5) is 0 Å². The van der Waals surface area contributed by atoms with E-state index in [1.165, 1.54) is 0 Å². The van der Waals surface area contributed by atoms with E-state index in [9.17, 15) is 4.79 Å². The highest BCUT2D eigenvalue weighted by Gasteiger charge is 2.22. The second-order valence-corrected chi connectivity index (χ2v) is 4.83. The number of hydrogen-bond acceptors (Lipinski definition) is 3. The van der Waals surface area contributed by atoms with Crippen LogP contribution in [0.2, 0.25) is 0 Å². The minimum atomic E-state index is 0.300. The highest BCUT2D eigenvalue weighted by molar-refractivity contribution is 5.82. The van der Waals surface area contributed by atoms with E-state index in [0.29, 0.717) is 24.7 Å². The number of hydrogen-bond donors (Lipinski definition) is 1. The summed E-state index contributed by atoms with van der Waals surface area (Å²) in [6.45, 7) is 3.31. The third-order valence-corrected chi connectivity index (χ3v) is 3.35. The Kier molecular flexibility index (Phi) is 4.29. The summed E-state index contributed by atoms with van der Waals surface area (Å²) >= 11 is 0. The Hall–Kier alpha value is -1.19. The van der Waals surface area contributed by atoms with Crippen molar-refractivity contribution in [2.75, 3.05) is 26.2 Å². The van der Waals surface area contributed by atoms with Gasteiger partial charge in [-0.15, -0.1) is 0 Å². The molecule has 0 saturated carbocycles. The monoisotopic (exact) mass is 232 g/mol. The molecule has 1 aromatic rings. The van der Waals surface area contributed by atoms with Crippen molar-refractivity contribution in [1.82, 2.24) is 4.90 Å². The van der Waals surface area contributed by atoms with Gasteiger partial charge in [0.1, 0.15) is 0 Å². The molecule has 0 aromatic heterocycles. The van der Waals surface area contributed by atoms with Gasteiger partial charge in [-0.1, -0.05) is 30.3 Å². The predicted molar refractivity (Wildman–Crippen MR) is 68.8 cm³/mol. The number of likely N-dealkylation sites (tertiary alicyclic amines) is 1. The lowest BCUT2D eigenvalue weighted by atomic mass is 10.1. The van der Waals surface area contributed by atoms with E-state index in [-0.39, 0.29) is 0 Å². The molecule has 1 aromatic carbocycles. The van der Waals surface area contributed by atoms with Gasteiger partial charge < -0.3 is 5.73 Å². The van der Waals surface area contributed by atoms with Crippen molar-refractivity contribution in [3.63, 3.8) is 0 Å². The lowest BCUT2D eigenvalue weighted by molar-refractivity contribution is -0.119. The maximum absolute atomic E-state index is 11.9. The average Bonchev–Trinajstić information content (AvgIpc) is 2.78. The lowest BCUT2D eigenvalue weighted by Crippen LogP contribution is -2.29. The van der Waals surface area contributed by atoms with Gasteiger partial charge in [-0.2, -0.15) is 0 Å². The molecule has 1 heterocycles. The van der Waals surface area contributed by atoms with Gasteiger partial charge in [-0.25, -0.2) is 0 Å². The Morgan fingerprint density at radius 3 is 2.76 bits per heavy atom. The zero-order chi connectivity index (χ0) is 12.1. The fourth-order valence-electron chi connectivity index (χ4n) is 2.38. The van der Waals surface area contributed by atoms with Gasteiger partial charge in [-0.3, -0.25) is 9.69 Å². The topological polar surface area (TPSA) is 46.3 Å². The molecule has 0 bridgehead atoms. The molecule has 92 valence electrons. The van der Waals surface area contributed by atoms with Crippen LogP contribution >= 0.6 is 0 Å². The van der Waals surface area contributed by atoms with E-state index in [1.807, 2.05) is 30.3 Å². The fourth-order valence-corrected chi connectivity index (χ4v) is 2.38. The molecule has 1 aliphatic rings. The fraction of sp³-hybridized carbons (Fsp3) is 0.500. The van der Waals surface area contributed by atoms with Crippen LogP contribution in [0.1, 0.15) is 12.0 Å². The maximum atomic E-state index is 11.9. The number of rotatable bonds is 5. The zero-order valence-corrected chi connectivity index (χ0v) is 10.1. The molecule has 0 amide bonds. The first-order valence-electron chi connectivity index (χ1n) is 6.26. The summed E-state index contributed by atoms with van der Waals surface area (Å²) in [5.74, 6) is 0.883. The highest BCUT2D eigenvalue weighted by Crippen LogP contribution is 2.14. The molecule has 3 nitrogen and oxygen atoms in total. The summed E-state index contributed by atoms with van der Waals surface area (Å²) in [5.41, 5.74) is 6.74. The maximum Gasteiger partial charge on any atom is 0.151 e. The Morgan fingerprint density at radius 2 is 2.12 bits per heavy atom. The summed E-state index contributed by atoms with van der Waals surface area (Å²) in [5, 5.41) is 0. The predicted octanol–water partition coefficient (Wildman–Crippen LogP) is 1.08. The Balaban J connectivity index is 1.78. The first-order valence-corrected chi connectivity index (χ1v) is 6.26. The number of nitrogens with zero attached hydrogens (tertiary/aromatic N) is 1. The Morgan fingerprint density at radius 1 is 1.35 bits per heavy atom. The van der Waals surface area contributed by atoms with Crippen molar-refractivity contribution in [2.45, 2.75) is 12.8 Å². The van der Waals surface area contributed by atoms with Gasteiger partial charge in [0.05, 0.1) is 6.54 Å². The summed E-state index contributed by atoms with van der Waals surface area (Å²) in [6, 6.07) is 9.93. The Bertz CT molecular complexity index is 364. The summed E-state index contributed by atoms with van der Waals surface area (Å²) in [4.78, 5) is 14.1. The summed E-state index contributed by atoms with van der Waals surface area (Å²) in [7, 11) is 0. The van der Waals surface area contributed by atoms with Crippen molar-refractivity contribution in [2.24, 2.45) is 11.7 Å². The van der Waals surface area contributed by atoms with Crippen LogP contribution in [0, 0.1) is 5.92 Å². The van der Waals surface area contributed by atoms with Crippen molar-refractivity contribution in [3.05, 3.63) is 35.9 Å². The smallest absolute Gasteiger partial charge is 0.151 e. The molecule has 1 unspecified atom stereocenters. The van der Waals surface area contributed by atoms with E-state index < -0.39 is 0 Å². The van der Waals surface area contributed by atoms with Gasteiger partial charge in [0.2, 0.25) is 0 Å². The quantitative estimate of drug-likeness (QED) is 0.826. The number of benzene rings is 1. The van der Waals surface area contributed by atoms with Gasteiger partial charge >= 0.3 is 0 Å². The standard InChI is InChI=1S/C14H20N2O/c15-9-13-6-7-16(10-13)11-14(17)8-12-4-2-1-3-5-12/h1-5,13H,6-11,15H2. The minimum absolute atomic E-state index is 0.300. The zero-order valence-electron chi connectivity index (χ0n) is 10.1. The second-order valence-electron chi connectivity index (χ2n) is 4.83. The van der Waals surface area contributed by atoms with Crippen molar-refractivity contribution in [1.29, 1.82) is 0 Å². The van der Waals surface area contributed by atoms with Crippen molar-refractivity contribution in [3.8, 4) is 0 Å². The van der Waals surface area contributed by atoms with E-state index in [1.54, 1.807) is 0 Å². The van der Waals surface area contributed by atoms with Crippen LogP contribution in [0.15, 0.2) is 30.3 Å². The Labute approximate surface area is 103 Å². The third-order valence-electron chi connectivity index (χ3n) is 3.35. The number of carbonyl (C=O) groups is 1. The van der Waals surface area contributed by atoms with Crippen LogP contribution < -0.4 is 5.73 Å². The summed E-state index contributed by atoms with van der Waals surface area (Å²) in [6.07, 6.45) is 1.68. The first-order chi connectivity index (χ1) is 8.28. The molecule has 2 N–H and O–H groups in total. The molecule has 0 spiro atoms.